The van der Waals surface area contributed by atoms with E-state index in [1.54, 1.807) is 18.9 Å². The van der Waals surface area contributed by atoms with E-state index in [9.17, 15) is 14.7 Å². The molecular formula is C33H39NO7S. The summed E-state index contributed by atoms with van der Waals surface area (Å²) in [6.45, 7) is 0.411. The molecule has 0 unspecified atom stereocenters. The Bertz CT molecular complexity index is 1280. The summed E-state index contributed by atoms with van der Waals surface area (Å²) in [6.07, 6.45) is 2.40. The van der Waals surface area contributed by atoms with Crippen molar-refractivity contribution in [2.24, 2.45) is 0 Å². The summed E-state index contributed by atoms with van der Waals surface area (Å²) in [7, 11) is 1.67. The van der Waals surface area contributed by atoms with Gasteiger partial charge in [-0.15, -0.1) is 11.8 Å². The number of unbranched alkanes of at least 4 members (excludes halogenated alkanes) is 2. The Labute approximate surface area is 251 Å². The van der Waals surface area contributed by atoms with Gasteiger partial charge in [0.2, 0.25) is 5.91 Å². The van der Waals surface area contributed by atoms with Gasteiger partial charge >= 0.3 is 5.97 Å². The van der Waals surface area contributed by atoms with Crippen molar-refractivity contribution in [3.8, 4) is 5.75 Å². The third-order valence-electron chi connectivity index (χ3n) is 7.14. The Morgan fingerprint density at radius 1 is 0.905 bits per heavy atom. The molecule has 1 saturated heterocycles. The van der Waals surface area contributed by atoms with E-state index in [4.69, 9.17) is 19.3 Å². The number of carboxylic acid groups (broad SMARTS) is 1. The monoisotopic (exact) mass is 593 g/mol. The van der Waals surface area contributed by atoms with Gasteiger partial charge in [-0.1, -0.05) is 67.1 Å². The molecule has 224 valence electrons. The topological polar surface area (TPSA) is 114 Å². The van der Waals surface area contributed by atoms with Gasteiger partial charge in [0.25, 0.3) is 0 Å². The van der Waals surface area contributed by atoms with E-state index in [-0.39, 0.29) is 31.1 Å². The minimum absolute atomic E-state index is 0.00465. The Balaban J connectivity index is 1.37. The summed E-state index contributed by atoms with van der Waals surface area (Å²) in [5, 5.41) is 21.1. The van der Waals surface area contributed by atoms with E-state index < -0.39 is 12.3 Å². The lowest BCUT2D eigenvalue weighted by Crippen LogP contribution is -2.31. The minimum atomic E-state index is -0.804. The standard InChI is InChI=1S/C33H39NO7S/c1-39-28-7-5-6-8-30(28)42-22-27-19-29(25-15-13-24(21-35)14-16-25)41-33(40-27)26-17-11-23(12-18-26)20-34-31(36)9-3-2-4-10-32(37)38/h5-8,11-18,27,29,33,35H,2-4,9-10,19-22H2,1H3,(H,34,36)(H,37,38)/t27-,29+,33+/m0/s1. The fourth-order valence-electron chi connectivity index (χ4n) is 4.76. The smallest absolute Gasteiger partial charge is 0.303 e. The predicted octanol–water partition coefficient (Wildman–Crippen LogP) is 6.18. The van der Waals surface area contributed by atoms with Crippen molar-refractivity contribution in [2.45, 2.75) is 75.1 Å². The van der Waals surface area contributed by atoms with Crippen molar-refractivity contribution < 1.29 is 34.0 Å². The number of nitrogens with one attached hydrogen (secondary N) is 1. The van der Waals surface area contributed by atoms with E-state index in [1.807, 2.05) is 72.8 Å². The van der Waals surface area contributed by atoms with Crippen LogP contribution >= 0.6 is 11.8 Å². The number of para-hydroxylation sites is 1. The third-order valence-corrected chi connectivity index (χ3v) is 8.33. The van der Waals surface area contributed by atoms with Crippen LogP contribution in [0.1, 0.15) is 73.2 Å². The van der Waals surface area contributed by atoms with Gasteiger partial charge < -0.3 is 29.7 Å². The lowest BCUT2D eigenvalue weighted by molar-refractivity contribution is -0.245. The van der Waals surface area contributed by atoms with Crippen molar-refractivity contribution >= 4 is 23.6 Å². The highest BCUT2D eigenvalue weighted by molar-refractivity contribution is 7.99. The molecule has 0 spiro atoms. The first kappa shape index (κ1) is 31.6. The van der Waals surface area contributed by atoms with Gasteiger partial charge in [0, 0.05) is 42.0 Å². The van der Waals surface area contributed by atoms with Gasteiger partial charge in [-0.3, -0.25) is 9.59 Å². The first-order chi connectivity index (χ1) is 20.4. The highest BCUT2D eigenvalue weighted by Crippen LogP contribution is 2.40. The van der Waals surface area contributed by atoms with Crippen LogP contribution in [-0.4, -0.2) is 41.1 Å². The maximum Gasteiger partial charge on any atom is 0.303 e. The largest absolute Gasteiger partial charge is 0.496 e. The van der Waals surface area contributed by atoms with Gasteiger partial charge in [-0.25, -0.2) is 0 Å². The molecule has 3 aromatic carbocycles. The Hall–Kier alpha value is -3.37. The minimum Gasteiger partial charge on any atom is -0.496 e. The number of aliphatic carboxylic acids is 1. The average molecular weight is 594 g/mol. The number of methoxy groups -OCH3 is 1. The van der Waals surface area contributed by atoms with Crippen molar-refractivity contribution in [3.63, 3.8) is 0 Å². The number of hydrogen-bond acceptors (Lipinski definition) is 7. The van der Waals surface area contributed by atoms with Gasteiger partial charge in [0.1, 0.15) is 5.75 Å². The average Bonchev–Trinajstić information content (AvgIpc) is 3.02. The van der Waals surface area contributed by atoms with Crippen LogP contribution < -0.4 is 10.1 Å². The zero-order valence-corrected chi connectivity index (χ0v) is 24.7. The first-order valence-electron chi connectivity index (χ1n) is 14.3. The molecule has 0 saturated carbocycles. The summed E-state index contributed by atoms with van der Waals surface area (Å²) in [5.41, 5.74) is 3.75. The summed E-state index contributed by atoms with van der Waals surface area (Å²) in [4.78, 5) is 23.8. The third kappa shape index (κ3) is 9.59. The molecule has 42 heavy (non-hydrogen) atoms. The number of thioether (sulfide) groups is 1. The molecule has 0 bridgehead atoms. The van der Waals surface area contributed by atoms with Crippen LogP contribution in [0.5, 0.6) is 5.75 Å². The molecule has 1 fully saturated rings. The number of carbonyl (C=O) groups is 2. The SMILES string of the molecule is COc1ccccc1SC[C@@H]1C[C@H](c2ccc(CO)cc2)O[C@H](c2ccc(CNC(=O)CCCCCC(=O)O)cc2)O1. The molecule has 1 aliphatic rings. The van der Waals surface area contributed by atoms with E-state index in [1.165, 1.54) is 0 Å². The molecule has 1 heterocycles. The molecule has 0 aromatic heterocycles. The molecule has 1 aliphatic heterocycles. The van der Waals surface area contributed by atoms with Crippen LogP contribution in [0.25, 0.3) is 0 Å². The maximum absolute atomic E-state index is 12.2. The zero-order valence-electron chi connectivity index (χ0n) is 23.9. The van der Waals surface area contributed by atoms with Gasteiger partial charge in [0.05, 0.1) is 25.9 Å². The van der Waals surface area contributed by atoms with Crippen molar-refractivity contribution in [1.82, 2.24) is 5.32 Å². The summed E-state index contributed by atoms with van der Waals surface area (Å²) >= 11 is 1.69. The molecule has 3 aromatic rings. The van der Waals surface area contributed by atoms with Crippen LogP contribution in [0, 0.1) is 0 Å². The molecule has 3 atom stereocenters. The van der Waals surface area contributed by atoms with E-state index in [0.29, 0.717) is 32.2 Å². The molecular weight excluding hydrogens is 554 g/mol. The molecule has 0 radical (unpaired) electrons. The summed E-state index contributed by atoms with van der Waals surface area (Å²) in [5.74, 6) is 0.717. The quantitative estimate of drug-likeness (QED) is 0.142. The number of hydrogen-bond donors (Lipinski definition) is 3. The number of aliphatic hydroxyl groups is 1. The van der Waals surface area contributed by atoms with E-state index in [2.05, 4.69) is 5.32 Å². The summed E-state index contributed by atoms with van der Waals surface area (Å²) < 4.78 is 18.4. The molecule has 1 amide bonds. The zero-order chi connectivity index (χ0) is 29.7. The van der Waals surface area contributed by atoms with Crippen LogP contribution in [0.3, 0.4) is 0 Å². The van der Waals surface area contributed by atoms with Gasteiger partial charge in [-0.2, -0.15) is 0 Å². The Kier molecular flexibility index (Phi) is 12.3. The van der Waals surface area contributed by atoms with Crippen molar-refractivity contribution in [3.05, 3.63) is 95.1 Å². The number of benzene rings is 3. The number of carbonyl (C=O) groups excluding carboxylic acids is 1. The second kappa shape index (κ2) is 16.3. The number of ether oxygens (including phenoxy) is 3. The second-order valence-corrected chi connectivity index (χ2v) is 11.3. The number of aliphatic hydroxyl groups excluding tert-OH is 1. The summed E-state index contributed by atoms with van der Waals surface area (Å²) in [6, 6.07) is 23.7. The lowest BCUT2D eigenvalue weighted by atomic mass is 10.0. The predicted molar refractivity (Wildman–Crippen MR) is 161 cm³/mol. The fraction of sp³-hybridized carbons (Fsp3) is 0.394. The maximum atomic E-state index is 12.2. The van der Waals surface area contributed by atoms with Crippen molar-refractivity contribution in [2.75, 3.05) is 12.9 Å². The Morgan fingerprint density at radius 2 is 1.60 bits per heavy atom. The fourth-order valence-corrected chi connectivity index (χ4v) is 5.81. The molecule has 3 N–H and O–H groups in total. The van der Waals surface area contributed by atoms with Crippen LogP contribution in [0.15, 0.2) is 77.7 Å². The molecule has 0 aliphatic carbocycles. The normalized spacial score (nSPS) is 18.4. The lowest BCUT2D eigenvalue weighted by Gasteiger charge is -2.36. The molecule has 4 rings (SSSR count). The van der Waals surface area contributed by atoms with Crippen LogP contribution in [-0.2, 0) is 32.2 Å². The molecule has 8 nitrogen and oxygen atoms in total. The highest BCUT2D eigenvalue weighted by Gasteiger charge is 2.32. The second-order valence-electron chi connectivity index (χ2n) is 10.3. The van der Waals surface area contributed by atoms with Crippen molar-refractivity contribution in [1.29, 1.82) is 0 Å². The number of amides is 1. The van der Waals surface area contributed by atoms with Crippen LogP contribution in [0.4, 0.5) is 0 Å². The molecule has 9 heteroatoms. The van der Waals surface area contributed by atoms with E-state index in [0.717, 1.165) is 45.1 Å². The number of rotatable bonds is 15. The highest BCUT2D eigenvalue weighted by atomic mass is 32.2. The first-order valence-corrected chi connectivity index (χ1v) is 15.3. The van der Waals surface area contributed by atoms with Gasteiger partial charge in [0.15, 0.2) is 6.29 Å². The Morgan fingerprint density at radius 3 is 2.31 bits per heavy atom. The van der Waals surface area contributed by atoms with Gasteiger partial charge in [-0.05, 0) is 41.7 Å². The van der Waals surface area contributed by atoms with Crippen LogP contribution in [0.2, 0.25) is 0 Å². The van der Waals surface area contributed by atoms with E-state index >= 15 is 0 Å². The number of carboxylic acids is 1.